The SMILES string of the molecule is CN[C@@H](CCCNC(N)N)C(=O)C(=O)Cc1ccccc1. The van der Waals surface area contributed by atoms with Gasteiger partial charge in [0, 0.05) is 6.42 Å². The number of carbonyl (C=O) groups is 2. The summed E-state index contributed by atoms with van der Waals surface area (Å²) >= 11 is 0. The Balaban J connectivity index is 2.44. The maximum Gasteiger partial charge on any atom is 0.215 e. The molecule has 6 nitrogen and oxygen atoms in total. The lowest BCUT2D eigenvalue weighted by atomic mass is 9.99. The molecule has 6 N–H and O–H groups in total. The lowest BCUT2D eigenvalue weighted by Gasteiger charge is -2.15. The van der Waals surface area contributed by atoms with E-state index < -0.39 is 12.3 Å². The van der Waals surface area contributed by atoms with Crippen molar-refractivity contribution in [2.24, 2.45) is 11.5 Å². The number of nitrogens with two attached hydrogens (primary N) is 2. The number of nitrogens with one attached hydrogen (secondary N) is 2. The maximum absolute atomic E-state index is 12.1. The molecule has 0 aliphatic carbocycles. The van der Waals surface area contributed by atoms with Crippen LogP contribution in [0.4, 0.5) is 0 Å². The van der Waals surface area contributed by atoms with E-state index in [1.807, 2.05) is 30.3 Å². The zero-order valence-electron chi connectivity index (χ0n) is 12.3. The van der Waals surface area contributed by atoms with Gasteiger partial charge in [0.25, 0.3) is 0 Å². The molecule has 0 radical (unpaired) electrons. The number of ketones is 2. The van der Waals surface area contributed by atoms with Crippen molar-refractivity contribution in [3.05, 3.63) is 35.9 Å². The summed E-state index contributed by atoms with van der Waals surface area (Å²) in [5.74, 6) is -0.748. The molecule has 0 saturated heterocycles. The first-order valence-electron chi connectivity index (χ1n) is 7.07. The molecule has 0 heterocycles. The summed E-state index contributed by atoms with van der Waals surface area (Å²) in [5.41, 5.74) is 11.6. The van der Waals surface area contributed by atoms with Crippen LogP contribution in [0.5, 0.6) is 0 Å². The fourth-order valence-corrected chi connectivity index (χ4v) is 2.04. The molecular weight excluding hydrogens is 268 g/mol. The zero-order valence-corrected chi connectivity index (χ0v) is 12.3. The number of likely N-dealkylation sites (N-methyl/N-ethyl adjacent to an activating group) is 1. The average Bonchev–Trinajstić information content (AvgIpc) is 2.47. The van der Waals surface area contributed by atoms with Crippen LogP contribution in [-0.2, 0) is 16.0 Å². The maximum atomic E-state index is 12.1. The van der Waals surface area contributed by atoms with E-state index in [4.69, 9.17) is 11.5 Å². The first-order valence-corrected chi connectivity index (χ1v) is 7.07. The van der Waals surface area contributed by atoms with Gasteiger partial charge in [-0.05, 0) is 32.0 Å². The molecule has 0 amide bonds. The number of rotatable bonds is 10. The van der Waals surface area contributed by atoms with E-state index >= 15 is 0 Å². The third kappa shape index (κ3) is 6.59. The molecule has 1 aromatic rings. The van der Waals surface area contributed by atoms with Crippen LogP contribution in [0.3, 0.4) is 0 Å². The van der Waals surface area contributed by atoms with E-state index in [2.05, 4.69) is 10.6 Å². The predicted octanol–water partition coefficient (Wildman–Crippen LogP) is -0.474. The normalized spacial score (nSPS) is 12.4. The summed E-state index contributed by atoms with van der Waals surface area (Å²) in [7, 11) is 1.68. The largest absolute Gasteiger partial charge is 0.310 e. The Morgan fingerprint density at radius 1 is 1.19 bits per heavy atom. The molecule has 0 bridgehead atoms. The van der Waals surface area contributed by atoms with Crippen LogP contribution < -0.4 is 22.1 Å². The van der Waals surface area contributed by atoms with Crippen LogP contribution >= 0.6 is 0 Å². The molecule has 0 aromatic heterocycles. The monoisotopic (exact) mass is 292 g/mol. The number of carbonyl (C=O) groups excluding carboxylic acids is 2. The third-order valence-electron chi connectivity index (χ3n) is 3.20. The molecule has 0 aliphatic heterocycles. The number of benzene rings is 1. The topological polar surface area (TPSA) is 110 Å². The quantitative estimate of drug-likeness (QED) is 0.263. The third-order valence-corrected chi connectivity index (χ3v) is 3.20. The van der Waals surface area contributed by atoms with Crippen LogP contribution in [0.15, 0.2) is 30.3 Å². The molecule has 0 spiro atoms. The summed E-state index contributed by atoms with van der Waals surface area (Å²) in [6.45, 7) is 0.607. The first-order chi connectivity index (χ1) is 10.0. The second-order valence-electron chi connectivity index (χ2n) is 4.91. The van der Waals surface area contributed by atoms with Crippen molar-refractivity contribution in [2.75, 3.05) is 13.6 Å². The Kier molecular flexibility index (Phi) is 7.78. The highest BCUT2D eigenvalue weighted by atomic mass is 16.2. The van der Waals surface area contributed by atoms with E-state index in [0.717, 1.165) is 5.56 Å². The highest BCUT2D eigenvalue weighted by molar-refractivity contribution is 6.39. The second-order valence-corrected chi connectivity index (χ2v) is 4.91. The fraction of sp³-hybridized carbons (Fsp3) is 0.467. The van der Waals surface area contributed by atoms with Crippen molar-refractivity contribution in [1.29, 1.82) is 0 Å². The number of hydrogen-bond acceptors (Lipinski definition) is 6. The molecule has 1 atom stereocenters. The second kappa shape index (κ2) is 9.36. The van der Waals surface area contributed by atoms with E-state index in [9.17, 15) is 9.59 Å². The molecule has 1 aromatic carbocycles. The van der Waals surface area contributed by atoms with Crippen LogP contribution in [0, 0.1) is 0 Å². The van der Waals surface area contributed by atoms with Gasteiger partial charge in [0.2, 0.25) is 11.6 Å². The summed E-state index contributed by atoms with van der Waals surface area (Å²) < 4.78 is 0. The molecule has 0 saturated carbocycles. The molecule has 0 fully saturated rings. The highest BCUT2D eigenvalue weighted by Crippen LogP contribution is 2.04. The number of hydrogen-bond donors (Lipinski definition) is 4. The average molecular weight is 292 g/mol. The molecule has 6 heteroatoms. The van der Waals surface area contributed by atoms with Gasteiger partial charge in [0.15, 0.2) is 0 Å². The molecule has 0 unspecified atom stereocenters. The van der Waals surface area contributed by atoms with Crippen molar-refractivity contribution in [3.63, 3.8) is 0 Å². The lowest BCUT2D eigenvalue weighted by Crippen LogP contribution is -2.46. The van der Waals surface area contributed by atoms with Gasteiger partial charge in [-0.3, -0.25) is 14.9 Å². The van der Waals surface area contributed by atoms with Gasteiger partial charge in [-0.25, -0.2) is 0 Å². The molecule has 116 valence electrons. The van der Waals surface area contributed by atoms with E-state index in [-0.39, 0.29) is 18.0 Å². The molecule has 0 aliphatic rings. The van der Waals surface area contributed by atoms with Crippen molar-refractivity contribution in [2.45, 2.75) is 31.6 Å². The first kappa shape index (κ1) is 17.5. The van der Waals surface area contributed by atoms with Crippen molar-refractivity contribution < 1.29 is 9.59 Å². The van der Waals surface area contributed by atoms with Crippen LogP contribution in [0.1, 0.15) is 18.4 Å². The van der Waals surface area contributed by atoms with Crippen LogP contribution in [0.2, 0.25) is 0 Å². The zero-order chi connectivity index (χ0) is 15.7. The number of Topliss-reactive ketones (excluding diaryl/α,β-unsaturated/α-hetero) is 2. The van der Waals surface area contributed by atoms with Gasteiger partial charge in [-0.15, -0.1) is 0 Å². The summed E-state index contributed by atoms with van der Waals surface area (Å²) in [6.07, 6.45) is 0.855. The summed E-state index contributed by atoms with van der Waals surface area (Å²) in [6, 6.07) is 8.80. The van der Waals surface area contributed by atoms with Crippen LogP contribution in [-0.4, -0.2) is 37.5 Å². The van der Waals surface area contributed by atoms with Gasteiger partial charge in [-0.1, -0.05) is 30.3 Å². The van der Waals surface area contributed by atoms with Gasteiger partial charge >= 0.3 is 0 Å². The van der Waals surface area contributed by atoms with Gasteiger partial charge in [-0.2, -0.15) is 0 Å². The summed E-state index contributed by atoms with van der Waals surface area (Å²) in [5, 5.41) is 5.76. The van der Waals surface area contributed by atoms with Gasteiger partial charge in [0.05, 0.1) is 6.04 Å². The minimum atomic E-state index is -0.562. The van der Waals surface area contributed by atoms with Crippen molar-refractivity contribution in [3.8, 4) is 0 Å². The summed E-state index contributed by atoms with van der Waals surface area (Å²) in [4.78, 5) is 24.1. The Bertz CT molecular complexity index is 448. The van der Waals surface area contributed by atoms with E-state index in [0.29, 0.717) is 19.4 Å². The predicted molar refractivity (Wildman–Crippen MR) is 82.4 cm³/mol. The highest BCUT2D eigenvalue weighted by Gasteiger charge is 2.23. The minimum Gasteiger partial charge on any atom is -0.310 e. The fourth-order valence-electron chi connectivity index (χ4n) is 2.04. The molecular formula is C15H24N4O2. The van der Waals surface area contributed by atoms with Gasteiger partial charge < -0.3 is 16.8 Å². The van der Waals surface area contributed by atoms with E-state index in [1.54, 1.807) is 7.05 Å². The molecule has 21 heavy (non-hydrogen) atoms. The smallest absolute Gasteiger partial charge is 0.215 e. The van der Waals surface area contributed by atoms with Crippen molar-refractivity contribution in [1.82, 2.24) is 10.6 Å². The van der Waals surface area contributed by atoms with Crippen molar-refractivity contribution >= 4 is 11.6 Å². The van der Waals surface area contributed by atoms with E-state index in [1.165, 1.54) is 0 Å². The Morgan fingerprint density at radius 3 is 2.43 bits per heavy atom. The Labute approximate surface area is 125 Å². The minimum absolute atomic E-state index is 0.143. The Morgan fingerprint density at radius 2 is 1.86 bits per heavy atom. The van der Waals surface area contributed by atoms with Crippen LogP contribution in [0.25, 0.3) is 0 Å². The Hall–Kier alpha value is -1.60. The van der Waals surface area contributed by atoms with Gasteiger partial charge in [0.1, 0.15) is 6.29 Å². The standard InChI is InChI=1S/C15H24N4O2/c1-18-12(8-5-9-19-15(16)17)14(21)13(20)10-11-6-3-2-4-7-11/h2-4,6-7,12,15,18-19H,5,8-10,16-17H2,1H3/t12-/m0/s1. The lowest BCUT2D eigenvalue weighted by molar-refractivity contribution is -0.137. The molecule has 1 rings (SSSR count).